The van der Waals surface area contributed by atoms with Crippen molar-refractivity contribution >= 4 is 35.8 Å². The van der Waals surface area contributed by atoms with Crippen LogP contribution in [0.4, 0.5) is 0 Å². The lowest BCUT2D eigenvalue weighted by atomic mass is 10.2. The summed E-state index contributed by atoms with van der Waals surface area (Å²) in [4.78, 5) is 18.4. The fourth-order valence-corrected chi connectivity index (χ4v) is 3.16. The summed E-state index contributed by atoms with van der Waals surface area (Å²) >= 11 is 0. The number of amides is 1. The molecule has 0 saturated carbocycles. The van der Waals surface area contributed by atoms with Crippen LogP contribution in [-0.2, 0) is 11.3 Å². The van der Waals surface area contributed by atoms with Gasteiger partial charge in [0.1, 0.15) is 0 Å². The molecule has 1 atom stereocenters. The van der Waals surface area contributed by atoms with Crippen molar-refractivity contribution in [1.29, 1.82) is 0 Å². The first-order valence-corrected chi connectivity index (χ1v) is 9.60. The number of benzene rings is 1. The van der Waals surface area contributed by atoms with E-state index in [0.717, 1.165) is 25.6 Å². The summed E-state index contributed by atoms with van der Waals surface area (Å²) < 4.78 is 0. The van der Waals surface area contributed by atoms with Gasteiger partial charge in [-0.05, 0) is 24.9 Å². The van der Waals surface area contributed by atoms with E-state index in [1.165, 1.54) is 18.4 Å². The van der Waals surface area contributed by atoms with Crippen LogP contribution in [-0.4, -0.2) is 56.0 Å². The molecule has 1 aliphatic rings. The molecule has 1 aromatic rings. The van der Waals surface area contributed by atoms with Crippen LogP contribution in [0, 0.1) is 5.92 Å². The fourth-order valence-electron chi connectivity index (χ4n) is 3.16. The molecule has 0 aromatic heterocycles. The Morgan fingerprint density at radius 2 is 1.89 bits per heavy atom. The second kappa shape index (κ2) is 12.9. The molecule has 0 radical (unpaired) electrons. The van der Waals surface area contributed by atoms with Gasteiger partial charge in [-0.15, -0.1) is 24.0 Å². The van der Waals surface area contributed by atoms with E-state index in [4.69, 9.17) is 0 Å². The van der Waals surface area contributed by atoms with Gasteiger partial charge in [-0.2, -0.15) is 0 Å². The van der Waals surface area contributed by atoms with E-state index in [-0.39, 0.29) is 35.8 Å². The summed E-state index contributed by atoms with van der Waals surface area (Å²) in [5, 5.41) is 9.58. The highest BCUT2D eigenvalue weighted by Crippen LogP contribution is 2.19. The number of hydrogen-bond donors (Lipinski definition) is 3. The Morgan fingerprint density at radius 1 is 1.19 bits per heavy atom. The maximum absolute atomic E-state index is 11.6. The van der Waals surface area contributed by atoms with Crippen molar-refractivity contribution in [3.05, 3.63) is 35.9 Å². The monoisotopic (exact) mass is 487 g/mol. The van der Waals surface area contributed by atoms with Crippen LogP contribution in [0.1, 0.15) is 32.3 Å². The van der Waals surface area contributed by atoms with Crippen molar-refractivity contribution in [2.45, 2.75) is 39.3 Å². The minimum absolute atomic E-state index is 0. The number of carbonyl (C=O) groups excluding carboxylic acids is 1. The van der Waals surface area contributed by atoms with Crippen molar-refractivity contribution in [2.75, 3.05) is 33.2 Å². The van der Waals surface area contributed by atoms with E-state index in [9.17, 15) is 4.79 Å². The van der Waals surface area contributed by atoms with Crippen molar-refractivity contribution in [1.82, 2.24) is 20.9 Å². The van der Waals surface area contributed by atoms with Crippen molar-refractivity contribution < 1.29 is 4.79 Å². The fraction of sp³-hybridized carbons (Fsp3) is 0.600. The first-order valence-electron chi connectivity index (χ1n) is 9.60. The summed E-state index contributed by atoms with van der Waals surface area (Å²) in [6.45, 7) is 8.08. The SMILES string of the molecule is CN=C(NCCNC(=O)C(C)C)NCC1CCCN1Cc1ccccc1.I. The van der Waals surface area contributed by atoms with Crippen LogP contribution in [0.3, 0.4) is 0 Å². The highest BCUT2D eigenvalue weighted by Gasteiger charge is 2.24. The van der Waals surface area contributed by atoms with Crippen LogP contribution < -0.4 is 16.0 Å². The third kappa shape index (κ3) is 8.47. The van der Waals surface area contributed by atoms with E-state index < -0.39 is 0 Å². The summed E-state index contributed by atoms with van der Waals surface area (Å²) in [6.07, 6.45) is 2.45. The first kappa shape index (κ1) is 23.7. The normalized spacial score (nSPS) is 17.5. The van der Waals surface area contributed by atoms with Gasteiger partial charge in [-0.1, -0.05) is 44.2 Å². The van der Waals surface area contributed by atoms with Crippen molar-refractivity contribution in [3.8, 4) is 0 Å². The minimum Gasteiger partial charge on any atom is -0.355 e. The zero-order valence-electron chi connectivity index (χ0n) is 16.7. The smallest absolute Gasteiger partial charge is 0.222 e. The maximum Gasteiger partial charge on any atom is 0.222 e. The lowest BCUT2D eigenvalue weighted by Crippen LogP contribution is -2.46. The number of aliphatic imine (C=N–C) groups is 1. The molecule has 1 aromatic carbocycles. The largest absolute Gasteiger partial charge is 0.355 e. The number of nitrogens with zero attached hydrogens (tertiary/aromatic N) is 2. The number of rotatable bonds is 8. The Bertz CT molecular complexity index is 579. The molecule has 2 rings (SSSR count). The molecule has 1 heterocycles. The van der Waals surface area contributed by atoms with Crippen LogP contribution in [0.5, 0.6) is 0 Å². The second-order valence-electron chi connectivity index (χ2n) is 7.08. The second-order valence-corrected chi connectivity index (χ2v) is 7.08. The predicted molar refractivity (Wildman–Crippen MR) is 123 cm³/mol. The van der Waals surface area contributed by atoms with Crippen LogP contribution >= 0.6 is 24.0 Å². The first-order chi connectivity index (χ1) is 12.6. The lowest BCUT2D eigenvalue weighted by molar-refractivity contribution is -0.123. The summed E-state index contributed by atoms with van der Waals surface area (Å²) in [5.41, 5.74) is 1.36. The van der Waals surface area contributed by atoms with Crippen molar-refractivity contribution in [2.24, 2.45) is 10.9 Å². The molecule has 3 N–H and O–H groups in total. The zero-order chi connectivity index (χ0) is 18.8. The highest BCUT2D eigenvalue weighted by molar-refractivity contribution is 14.0. The third-order valence-electron chi connectivity index (χ3n) is 4.70. The van der Waals surface area contributed by atoms with Gasteiger partial charge in [-0.25, -0.2) is 0 Å². The minimum atomic E-state index is 0. The molecular weight excluding hydrogens is 453 g/mol. The lowest BCUT2D eigenvalue weighted by Gasteiger charge is -2.25. The van der Waals surface area contributed by atoms with Crippen LogP contribution in [0.25, 0.3) is 0 Å². The highest BCUT2D eigenvalue weighted by atomic mass is 127. The Labute approximate surface area is 180 Å². The molecule has 1 aliphatic heterocycles. The molecule has 1 fully saturated rings. The standard InChI is InChI=1S/C20H33N5O.HI/c1-16(2)19(26)22-11-12-23-20(21-3)24-14-18-10-7-13-25(18)15-17-8-5-4-6-9-17;/h4-6,8-9,16,18H,7,10-15H2,1-3H3,(H,22,26)(H2,21,23,24);1H. The molecule has 1 saturated heterocycles. The maximum atomic E-state index is 11.6. The van der Waals surface area contributed by atoms with E-state index in [2.05, 4.69) is 56.2 Å². The van der Waals surface area contributed by atoms with Gasteiger partial charge in [-0.3, -0.25) is 14.7 Å². The molecular formula is C20H34IN5O. The molecule has 1 unspecified atom stereocenters. The molecule has 0 aliphatic carbocycles. The van der Waals surface area contributed by atoms with Gasteiger partial charge in [0.2, 0.25) is 5.91 Å². The molecule has 6 nitrogen and oxygen atoms in total. The summed E-state index contributed by atoms with van der Waals surface area (Å²) in [5.74, 6) is 0.887. The quantitative estimate of drug-likeness (QED) is 0.228. The summed E-state index contributed by atoms with van der Waals surface area (Å²) in [7, 11) is 1.78. The number of hydrogen-bond acceptors (Lipinski definition) is 3. The Hall–Kier alpha value is -1.35. The van der Waals surface area contributed by atoms with E-state index >= 15 is 0 Å². The van der Waals surface area contributed by atoms with Gasteiger partial charge in [0.15, 0.2) is 5.96 Å². The molecule has 27 heavy (non-hydrogen) atoms. The molecule has 1 amide bonds. The Balaban J connectivity index is 0.00000364. The van der Waals surface area contributed by atoms with Gasteiger partial charge in [0.05, 0.1) is 0 Å². The zero-order valence-corrected chi connectivity index (χ0v) is 19.0. The number of carbonyl (C=O) groups is 1. The number of guanidine groups is 1. The Morgan fingerprint density at radius 3 is 2.56 bits per heavy atom. The number of likely N-dealkylation sites (tertiary alicyclic amines) is 1. The molecule has 7 heteroatoms. The predicted octanol–water partition coefficient (Wildman–Crippen LogP) is 2.21. The summed E-state index contributed by atoms with van der Waals surface area (Å²) in [6, 6.07) is 11.2. The van der Waals surface area contributed by atoms with E-state index in [0.29, 0.717) is 19.1 Å². The van der Waals surface area contributed by atoms with Gasteiger partial charge >= 0.3 is 0 Å². The average molecular weight is 487 g/mol. The van der Waals surface area contributed by atoms with E-state index in [1.54, 1.807) is 7.05 Å². The van der Waals surface area contributed by atoms with Crippen LogP contribution in [0.15, 0.2) is 35.3 Å². The molecule has 0 bridgehead atoms. The number of nitrogens with one attached hydrogen (secondary N) is 3. The van der Waals surface area contributed by atoms with Crippen molar-refractivity contribution in [3.63, 3.8) is 0 Å². The van der Waals surface area contributed by atoms with Gasteiger partial charge in [0.25, 0.3) is 0 Å². The van der Waals surface area contributed by atoms with Crippen LogP contribution in [0.2, 0.25) is 0 Å². The van der Waals surface area contributed by atoms with Gasteiger partial charge < -0.3 is 16.0 Å². The molecule has 152 valence electrons. The van der Waals surface area contributed by atoms with E-state index in [1.807, 2.05) is 13.8 Å². The van der Waals surface area contributed by atoms with Gasteiger partial charge in [0, 0.05) is 45.2 Å². The third-order valence-corrected chi connectivity index (χ3v) is 4.70. The Kier molecular flexibility index (Phi) is 11.3. The average Bonchev–Trinajstić information content (AvgIpc) is 3.08. The topological polar surface area (TPSA) is 68.8 Å². The molecule has 0 spiro atoms. The number of halogens is 1.